The van der Waals surface area contributed by atoms with E-state index in [1.165, 1.54) is 11.6 Å². The average molecular weight is 297 g/mol. The lowest BCUT2D eigenvalue weighted by Crippen LogP contribution is -2.40. The van der Waals surface area contributed by atoms with Crippen molar-refractivity contribution < 1.29 is 0 Å². The fourth-order valence-corrected chi connectivity index (χ4v) is 2.16. The molecule has 1 heterocycles. The van der Waals surface area contributed by atoms with Crippen LogP contribution < -0.4 is 22.3 Å². The van der Waals surface area contributed by atoms with Crippen molar-refractivity contribution in [2.24, 2.45) is 7.05 Å². The normalized spacial score (nSPS) is 11.1. The number of nitrogens with one attached hydrogen (secondary N) is 1. The number of hydrogen-bond donors (Lipinski definition) is 2. The minimum absolute atomic E-state index is 0.234. The number of rotatable bonds is 8. The van der Waals surface area contributed by atoms with Gasteiger partial charge < -0.3 is 16.0 Å². The van der Waals surface area contributed by atoms with Crippen LogP contribution in [-0.4, -0.2) is 41.2 Å². The van der Waals surface area contributed by atoms with Gasteiger partial charge in [0.2, 0.25) is 0 Å². The quantitative estimate of drug-likeness (QED) is 0.674. The number of hydrogen-bond acceptors (Lipinski definition) is 5. The number of nitrogens with two attached hydrogens (primary N) is 1. The van der Waals surface area contributed by atoms with E-state index >= 15 is 0 Å². The third kappa shape index (κ3) is 4.35. The molecule has 7 nitrogen and oxygen atoms in total. The van der Waals surface area contributed by atoms with Crippen molar-refractivity contribution >= 4 is 11.5 Å². The van der Waals surface area contributed by atoms with E-state index in [0.29, 0.717) is 18.8 Å². The number of nitrogens with zero attached hydrogens (tertiary/aromatic N) is 3. The van der Waals surface area contributed by atoms with E-state index in [1.54, 1.807) is 0 Å². The molecule has 0 atom stereocenters. The highest BCUT2D eigenvalue weighted by Gasteiger charge is 2.14. The van der Waals surface area contributed by atoms with Crippen LogP contribution in [0.2, 0.25) is 0 Å². The first kappa shape index (κ1) is 17.3. The Balaban J connectivity index is 2.87. The fourth-order valence-electron chi connectivity index (χ4n) is 2.16. The predicted octanol–water partition coefficient (Wildman–Crippen LogP) is 0.293. The predicted molar refractivity (Wildman–Crippen MR) is 86.9 cm³/mol. The van der Waals surface area contributed by atoms with Gasteiger partial charge in [0.1, 0.15) is 11.5 Å². The number of nitrogen functional groups attached to an aromatic ring is 1. The van der Waals surface area contributed by atoms with E-state index in [0.717, 1.165) is 30.4 Å². The summed E-state index contributed by atoms with van der Waals surface area (Å²) >= 11 is 0. The molecule has 120 valence electrons. The highest BCUT2D eigenvalue weighted by atomic mass is 16.2. The second-order valence-electron chi connectivity index (χ2n) is 5.50. The molecule has 0 amide bonds. The average Bonchev–Trinajstić information content (AvgIpc) is 2.44. The molecule has 7 heteroatoms. The fraction of sp³-hybridized carbons (Fsp3) is 0.714. The number of unbranched alkanes of at least 4 members (excludes halogenated alkanes) is 1. The zero-order valence-corrected chi connectivity index (χ0v) is 13.5. The third-order valence-corrected chi connectivity index (χ3v) is 3.36. The second-order valence-corrected chi connectivity index (χ2v) is 5.50. The van der Waals surface area contributed by atoms with Crippen LogP contribution in [0.5, 0.6) is 0 Å². The summed E-state index contributed by atoms with van der Waals surface area (Å²) in [4.78, 5) is 26.3. The molecule has 3 N–H and O–H groups in total. The van der Waals surface area contributed by atoms with E-state index < -0.39 is 0 Å². The first-order valence-electron chi connectivity index (χ1n) is 7.38. The standard InChI is InChI=1S/C14H27N5O2/c1-5-9-19-12(15)11(13(20)18(4)14(19)21)16-8-6-7-10-17(2)3/h16H,5-10,15H2,1-4H3. The van der Waals surface area contributed by atoms with Crippen molar-refractivity contribution in [2.45, 2.75) is 32.7 Å². The van der Waals surface area contributed by atoms with Gasteiger partial charge in [-0.1, -0.05) is 6.92 Å². The van der Waals surface area contributed by atoms with Crippen LogP contribution in [0.15, 0.2) is 9.59 Å². The maximum atomic E-state index is 12.1. The first-order chi connectivity index (χ1) is 9.90. The molecule has 0 unspecified atom stereocenters. The van der Waals surface area contributed by atoms with E-state index in [9.17, 15) is 9.59 Å². The summed E-state index contributed by atoms with van der Waals surface area (Å²) in [5.41, 5.74) is 5.58. The Hall–Kier alpha value is -1.76. The van der Waals surface area contributed by atoms with Gasteiger partial charge in [0.15, 0.2) is 0 Å². The highest BCUT2D eigenvalue weighted by Crippen LogP contribution is 2.11. The van der Waals surface area contributed by atoms with Gasteiger partial charge in [0.05, 0.1) is 0 Å². The molecule has 0 fully saturated rings. The van der Waals surface area contributed by atoms with E-state index in [2.05, 4.69) is 10.2 Å². The van der Waals surface area contributed by atoms with Gasteiger partial charge in [-0.2, -0.15) is 0 Å². The first-order valence-corrected chi connectivity index (χ1v) is 7.38. The van der Waals surface area contributed by atoms with Crippen molar-refractivity contribution in [2.75, 3.05) is 38.2 Å². The van der Waals surface area contributed by atoms with Crippen molar-refractivity contribution in [3.8, 4) is 0 Å². The molecule has 0 radical (unpaired) electrons. The molecule has 21 heavy (non-hydrogen) atoms. The molecule has 0 aliphatic heterocycles. The maximum absolute atomic E-state index is 12.1. The Bertz CT molecular complexity index is 574. The number of anilines is 2. The second kappa shape index (κ2) is 7.87. The smallest absolute Gasteiger partial charge is 0.332 e. The summed E-state index contributed by atoms with van der Waals surface area (Å²) in [7, 11) is 5.54. The van der Waals surface area contributed by atoms with Crippen molar-refractivity contribution in [1.82, 2.24) is 14.0 Å². The van der Waals surface area contributed by atoms with E-state index in [1.807, 2.05) is 21.0 Å². The molecule has 1 aromatic heterocycles. The van der Waals surface area contributed by atoms with Crippen LogP contribution in [0.4, 0.5) is 11.5 Å². The van der Waals surface area contributed by atoms with Gasteiger partial charge in [-0.25, -0.2) is 4.79 Å². The lowest BCUT2D eigenvalue weighted by atomic mass is 10.3. The summed E-state index contributed by atoms with van der Waals surface area (Å²) < 4.78 is 2.55. The summed E-state index contributed by atoms with van der Waals surface area (Å²) in [5.74, 6) is 0.234. The molecule has 0 saturated carbocycles. The van der Waals surface area contributed by atoms with Crippen LogP contribution in [0.1, 0.15) is 26.2 Å². The maximum Gasteiger partial charge on any atom is 0.332 e. The zero-order valence-electron chi connectivity index (χ0n) is 13.5. The topological polar surface area (TPSA) is 85.3 Å². The Kier molecular flexibility index (Phi) is 6.48. The Labute approximate surface area is 125 Å². The van der Waals surface area contributed by atoms with Gasteiger partial charge >= 0.3 is 5.69 Å². The molecule has 0 spiro atoms. The van der Waals surface area contributed by atoms with Gasteiger partial charge in [-0.3, -0.25) is 13.9 Å². The van der Waals surface area contributed by atoms with Crippen molar-refractivity contribution in [3.63, 3.8) is 0 Å². The van der Waals surface area contributed by atoms with Crippen LogP contribution >= 0.6 is 0 Å². The third-order valence-electron chi connectivity index (χ3n) is 3.36. The van der Waals surface area contributed by atoms with Crippen molar-refractivity contribution in [1.29, 1.82) is 0 Å². The van der Waals surface area contributed by atoms with Crippen LogP contribution in [0.25, 0.3) is 0 Å². The monoisotopic (exact) mass is 297 g/mol. The van der Waals surface area contributed by atoms with E-state index in [-0.39, 0.29) is 17.1 Å². The number of aromatic nitrogens is 2. The summed E-state index contributed by atoms with van der Waals surface area (Å²) in [6, 6.07) is 0. The molecule has 0 aliphatic carbocycles. The molecule has 1 aromatic rings. The van der Waals surface area contributed by atoms with Gasteiger partial charge in [0.25, 0.3) is 5.56 Å². The lowest BCUT2D eigenvalue weighted by Gasteiger charge is -2.16. The lowest BCUT2D eigenvalue weighted by molar-refractivity contribution is 0.396. The Morgan fingerprint density at radius 1 is 1.24 bits per heavy atom. The molecule has 0 saturated heterocycles. The summed E-state index contributed by atoms with van der Waals surface area (Å²) in [6.45, 7) is 4.14. The minimum atomic E-state index is -0.363. The van der Waals surface area contributed by atoms with Crippen LogP contribution in [-0.2, 0) is 13.6 Å². The van der Waals surface area contributed by atoms with Gasteiger partial charge in [-0.05, 0) is 39.9 Å². The summed E-state index contributed by atoms with van der Waals surface area (Å²) in [6.07, 6.45) is 2.76. The van der Waals surface area contributed by atoms with Crippen molar-refractivity contribution in [3.05, 3.63) is 20.8 Å². The molecule has 0 bridgehead atoms. The highest BCUT2D eigenvalue weighted by molar-refractivity contribution is 5.60. The zero-order chi connectivity index (χ0) is 16.0. The van der Waals surface area contributed by atoms with Gasteiger partial charge in [-0.15, -0.1) is 0 Å². The largest absolute Gasteiger partial charge is 0.383 e. The molecule has 1 rings (SSSR count). The Morgan fingerprint density at radius 2 is 1.90 bits per heavy atom. The van der Waals surface area contributed by atoms with Crippen LogP contribution in [0.3, 0.4) is 0 Å². The molecular formula is C14H27N5O2. The minimum Gasteiger partial charge on any atom is -0.383 e. The molecular weight excluding hydrogens is 270 g/mol. The van der Waals surface area contributed by atoms with Crippen LogP contribution in [0, 0.1) is 0 Å². The molecule has 0 aliphatic rings. The molecule has 0 aromatic carbocycles. The Morgan fingerprint density at radius 3 is 2.48 bits per heavy atom. The van der Waals surface area contributed by atoms with Gasteiger partial charge in [0, 0.05) is 20.1 Å². The van der Waals surface area contributed by atoms with E-state index in [4.69, 9.17) is 5.73 Å². The SMILES string of the molecule is CCCn1c(N)c(NCCCCN(C)C)c(=O)n(C)c1=O. The summed E-state index contributed by atoms with van der Waals surface area (Å²) in [5, 5.41) is 3.09.